The molecule has 0 heterocycles. The zero-order chi connectivity index (χ0) is 23.0. The van der Waals surface area contributed by atoms with E-state index in [1.54, 1.807) is 0 Å². The zero-order valence-corrected chi connectivity index (χ0v) is 20.0. The van der Waals surface area contributed by atoms with Gasteiger partial charge in [0, 0.05) is 0 Å². The summed E-state index contributed by atoms with van der Waals surface area (Å²) in [6, 6.07) is 21.6. The first-order valence-electron chi connectivity index (χ1n) is 12.8. The lowest BCUT2D eigenvalue weighted by Crippen LogP contribution is -2.07. The molecule has 0 unspecified atom stereocenters. The van der Waals surface area contributed by atoms with Crippen LogP contribution in [0.15, 0.2) is 72.8 Å². The average molecular weight is 451 g/mol. The van der Waals surface area contributed by atoms with Gasteiger partial charge in [0.15, 0.2) is 0 Å². The van der Waals surface area contributed by atoms with Crippen molar-refractivity contribution in [2.45, 2.75) is 51.4 Å². The number of ether oxygens (including phenoxy) is 2. The van der Waals surface area contributed by atoms with Gasteiger partial charge in [-0.3, -0.25) is 0 Å². The normalized spacial score (nSPS) is 13.9. The van der Waals surface area contributed by atoms with Crippen LogP contribution in [0.4, 0.5) is 0 Å². The molecule has 2 aliphatic carbocycles. The van der Waals surface area contributed by atoms with Gasteiger partial charge in [-0.05, 0) is 109 Å². The summed E-state index contributed by atoms with van der Waals surface area (Å²) in [6.45, 7) is 1.45. The molecule has 174 valence electrons. The monoisotopic (exact) mass is 450 g/mol. The lowest BCUT2D eigenvalue weighted by Gasteiger charge is -2.18. The number of benzene rings is 3. The van der Waals surface area contributed by atoms with E-state index in [1.165, 1.54) is 59.1 Å². The fourth-order valence-corrected chi connectivity index (χ4v) is 4.49. The van der Waals surface area contributed by atoms with Crippen LogP contribution >= 0.6 is 0 Å². The van der Waals surface area contributed by atoms with Gasteiger partial charge in [0.2, 0.25) is 0 Å². The van der Waals surface area contributed by atoms with Crippen molar-refractivity contribution in [2.24, 2.45) is 0 Å². The highest BCUT2D eigenvalue weighted by Gasteiger charge is 2.12. The SMILES string of the molecule is C(=C\c1ccc2c(c1)CC2)/CCCOc1ccc(OCCC/C=C/c2ccc3c(c2)CC3)cc1. The summed E-state index contributed by atoms with van der Waals surface area (Å²) in [4.78, 5) is 0. The Bertz CT molecular complexity index is 1060. The van der Waals surface area contributed by atoms with E-state index in [9.17, 15) is 0 Å². The van der Waals surface area contributed by atoms with Gasteiger partial charge in [-0.1, -0.05) is 60.7 Å². The van der Waals surface area contributed by atoms with Crippen LogP contribution in [0.3, 0.4) is 0 Å². The van der Waals surface area contributed by atoms with Gasteiger partial charge < -0.3 is 9.47 Å². The Morgan fingerprint density at radius 2 is 0.971 bits per heavy atom. The lowest BCUT2D eigenvalue weighted by atomic mass is 9.87. The smallest absolute Gasteiger partial charge is 0.119 e. The Kier molecular flexibility index (Phi) is 7.45. The lowest BCUT2D eigenvalue weighted by molar-refractivity contribution is 0.303. The second-order valence-electron chi connectivity index (χ2n) is 9.31. The van der Waals surface area contributed by atoms with Crippen molar-refractivity contribution in [2.75, 3.05) is 13.2 Å². The zero-order valence-electron chi connectivity index (χ0n) is 20.0. The third-order valence-corrected chi connectivity index (χ3v) is 6.80. The predicted octanol–water partition coefficient (Wildman–Crippen LogP) is 7.63. The predicted molar refractivity (Wildman–Crippen MR) is 142 cm³/mol. The van der Waals surface area contributed by atoms with Gasteiger partial charge in [0.05, 0.1) is 13.2 Å². The first kappa shape index (κ1) is 22.5. The molecule has 0 amide bonds. The van der Waals surface area contributed by atoms with E-state index in [-0.39, 0.29) is 0 Å². The Labute approximate surface area is 203 Å². The third kappa shape index (κ3) is 5.99. The molecule has 0 N–H and O–H groups in total. The molecule has 3 aromatic carbocycles. The van der Waals surface area contributed by atoms with Gasteiger partial charge in [-0.2, -0.15) is 0 Å². The summed E-state index contributed by atoms with van der Waals surface area (Å²) in [5.41, 5.74) is 8.70. The minimum Gasteiger partial charge on any atom is -0.494 e. The molecule has 2 nitrogen and oxygen atoms in total. The Morgan fingerprint density at radius 3 is 1.35 bits per heavy atom. The molecule has 5 rings (SSSR count). The fraction of sp³-hybridized carbons (Fsp3) is 0.312. The highest BCUT2D eigenvalue weighted by Crippen LogP contribution is 2.25. The van der Waals surface area contributed by atoms with E-state index >= 15 is 0 Å². The average Bonchev–Trinajstić information content (AvgIpc) is 2.82. The van der Waals surface area contributed by atoms with Crippen molar-refractivity contribution in [3.05, 3.63) is 106 Å². The first-order valence-corrected chi connectivity index (χ1v) is 12.8. The number of unbranched alkanes of at least 4 members (excludes halogenated alkanes) is 2. The van der Waals surface area contributed by atoms with Crippen molar-refractivity contribution in [3.63, 3.8) is 0 Å². The van der Waals surface area contributed by atoms with E-state index < -0.39 is 0 Å². The number of allylic oxidation sites excluding steroid dienone is 2. The van der Waals surface area contributed by atoms with Gasteiger partial charge in [0.25, 0.3) is 0 Å². The molecule has 0 atom stereocenters. The standard InChI is InChI=1S/C32H34O2/c1(3-7-25-9-11-27-13-15-29(27)23-25)5-21-33-31-17-19-32(20-18-31)34-22-6-2-4-8-26-10-12-28-14-16-30(28)24-26/h3-4,7-12,17-20,23-24H,1-2,5-6,13-16,21-22H2/b7-3+,8-4+. The molecule has 0 spiro atoms. The molecule has 2 heteroatoms. The number of hydrogen-bond donors (Lipinski definition) is 0. The van der Waals surface area contributed by atoms with Crippen LogP contribution < -0.4 is 9.47 Å². The topological polar surface area (TPSA) is 18.5 Å². The maximum absolute atomic E-state index is 5.88. The second-order valence-corrected chi connectivity index (χ2v) is 9.31. The summed E-state index contributed by atoms with van der Waals surface area (Å²) in [5, 5.41) is 0. The van der Waals surface area contributed by atoms with Crippen LogP contribution in [-0.4, -0.2) is 13.2 Å². The Balaban J connectivity index is 0.935. The number of hydrogen-bond acceptors (Lipinski definition) is 2. The summed E-state index contributed by atoms with van der Waals surface area (Å²) in [6.07, 6.45) is 18.0. The number of fused-ring (bicyclic) bond motifs is 2. The Morgan fingerprint density at radius 1 is 0.529 bits per heavy atom. The van der Waals surface area contributed by atoms with Gasteiger partial charge in [0.1, 0.15) is 11.5 Å². The van der Waals surface area contributed by atoms with Crippen LogP contribution in [0.25, 0.3) is 12.2 Å². The van der Waals surface area contributed by atoms with Crippen LogP contribution in [0.1, 0.15) is 59.1 Å². The van der Waals surface area contributed by atoms with Gasteiger partial charge in [-0.25, -0.2) is 0 Å². The molecule has 0 radical (unpaired) electrons. The van der Waals surface area contributed by atoms with Gasteiger partial charge >= 0.3 is 0 Å². The van der Waals surface area contributed by atoms with Crippen molar-refractivity contribution in [1.82, 2.24) is 0 Å². The molecule has 0 bridgehead atoms. The maximum atomic E-state index is 5.88. The highest BCUT2D eigenvalue weighted by molar-refractivity contribution is 5.54. The molecule has 0 aliphatic heterocycles. The van der Waals surface area contributed by atoms with E-state index in [2.05, 4.69) is 60.7 Å². The molecule has 34 heavy (non-hydrogen) atoms. The number of aryl methyl sites for hydroxylation is 4. The van der Waals surface area contributed by atoms with Crippen LogP contribution in [-0.2, 0) is 25.7 Å². The van der Waals surface area contributed by atoms with Crippen molar-refractivity contribution >= 4 is 12.2 Å². The first-order chi connectivity index (χ1) is 16.8. The molecular formula is C32H34O2. The van der Waals surface area contributed by atoms with Gasteiger partial charge in [-0.15, -0.1) is 0 Å². The summed E-state index contributed by atoms with van der Waals surface area (Å²) < 4.78 is 11.8. The van der Waals surface area contributed by atoms with E-state index in [0.29, 0.717) is 0 Å². The summed E-state index contributed by atoms with van der Waals surface area (Å²) in [7, 11) is 0. The van der Waals surface area contributed by atoms with Crippen molar-refractivity contribution in [3.8, 4) is 11.5 Å². The second kappa shape index (κ2) is 11.2. The molecule has 0 aromatic heterocycles. The van der Waals surface area contributed by atoms with E-state index in [4.69, 9.17) is 9.47 Å². The molecule has 0 saturated carbocycles. The molecule has 2 aliphatic rings. The highest BCUT2D eigenvalue weighted by atomic mass is 16.5. The summed E-state index contributed by atoms with van der Waals surface area (Å²) in [5.74, 6) is 1.81. The van der Waals surface area contributed by atoms with E-state index in [0.717, 1.165) is 50.4 Å². The minimum absolute atomic E-state index is 0.727. The molecule has 0 fully saturated rings. The molecular weight excluding hydrogens is 416 g/mol. The fourth-order valence-electron chi connectivity index (χ4n) is 4.49. The van der Waals surface area contributed by atoms with E-state index in [1.807, 2.05) is 24.3 Å². The maximum Gasteiger partial charge on any atom is 0.119 e. The quantitative estimate of drug-likeness (QED) is 0.264. The molecule has 0 saturated heterocycles. The summed E-state index contributed by atoms with van der Waals surface area (Å²) >= 11 is 0. The van der Waals surface area contributed by atoms with Crippen molar-refractivity contribution in [1.29, 1.82) is 0 Å². The minimum atomic E-state index is 0.727. The van der Waals surface area contributed by atoms with Crippen molar-refractivity contribution < 1.29 is 9.47 Å². The molecule has 3 aromatic rings. The number of rotatable bonds is 12. The van der Waals surface area contributed by atoms with Crippen LogP contribution in [0.5, 0.6) is 11.5 Å². The third-order valence-electron chi connectivity index (χ3n) is 6.80. The van der Waals surface area contributed by atoms with Crippen LogP contribution in [0, 0.1) is 0 Å². The Hall–Kier alpha value is -3.26. The van der Waals surface area contributed by atoms with Crippen LogP contribution in [0.2, 0.25) is 0 Å². The largest absolute Gasteiger partial charge is 0.494 e.